The molecule has 0 fully saturated rings. The second kappa shape index (κ2) is 13.3. The Bertz CT molecular complexity index is 3250. The lowest BCUT2D eigenvalue weighted by Crippen LogP contribution is -2.01. The van der Waals surface area contributed by atoms with Crippen LogP contribution >= 0.6 is 11.3 Å². The van der Waals surface area contributed by atoms with Crippen LogP contribution < -0.4 is 0 Å². The van der Waals surface area contributed by atoms with Crippen LogP contribution in [0.2, 0.25) is 0 Å². The molecule has 3 aromatic heterocycles. The number of aromatic nitrogens is 4. The first-order chi connectivity index (χ1) is 27.8. The molecule has 0 saturated heterocycles. The van der Waals surface area contributed by atoms with Crippen molar-refractivity contribution in [3.8, 4) is 62.1 Å². The highest BCUT2D eigenvalue weighted by Crippen LogP contribution is 2.40. The molecule has 0 atom stereocenters. The molecule has 0 aliphatic heterocycles. The Kier molecular flexibility index (Phi) is 7.64. The molecule has 0 radical (unpaired) electrons. The summed E-state index contributed by atoms with van der Waals surface area (Å²) in [4.78, 5) is 15.9. The maximum absolute atomic E-state index is 5.32. The molecule has 0 amide bonds. The van der Waals surface area contributed by atoms with Gasteiger partial charge in [0.2, 0.25) is 0 Å². The van der Waals surface area contributed by atoms with Crippen molar-refractivity contribution in [2.24, 2.45) is 0 Å². The van der Waals surface area contributed by atoms with E-state index in [0.29, 0.717) is 17.5 Å². The predicted molar refractivity (Wildman–Crippen MR) is 234 cm³/mol. The van der Waals surface area contributed by atoms with Gasteiger partial charge in [0, 0.05) is 53.3 Å². The van der Waals surface area contributed by atoms with E-state index in [1.54, 1.807) is 11.3 Å². The van der Waals surface area contributed by atoms with Crippen molar-refractivity contribution in [1.82, 2.24) is 19.5 Å². The third-order valence-electron chi connectivity index (χ3n) is 10.7. The smallest absolute Gasteiger partial charge is 0.164 e. The summed E-state index contributed by atoms with van der Waals surface area (Å²) in [5, 5.41) is 4.90. The zero-order chi connectivity index (χ0) is 37.0. The Labute approximate surface area is 327 Å². The van der Waals surface area contributed by atoms with Crippen LogP contribution in [0.5, 0.6) is 0 Å². The van der Waals surface area contributed by atoms with Gasteiger partial charge in [0.15, 0.2) is 17.5 Å². The normalized spacial score (nSPS) is 11.6. The first-order valence-electron chi connectivity index (χ1n) is 18.8. The molecular formula is C51H32N4S. The number of rotatable bonds is 6. The van der Waals surface area contributed by atoms with Crippen LogP contribution in [0.3, 0.4) is 0 Å². The molecule has 0 aliphatic carbocycles. The van der Waals surface area contributed by atoms with Gasteiger partial charge in [-0.05, 0) is 58.7 Å². The minimum absolute atomic E-state index is 0.624. The number of hydrogen-bond acceptors (Lipinski definition) is 4. The topological polar surface area (TPSA) is 43.6 Å². The predicted octanol–water partition coefficient (Wildman–Crippen LogP) is 13.7. The number of hydrogen-bond donors (Lipinski definition) is 0. The van der Waals surface area contributed by atoms with E-state index in [0.717, 1.165) is 55.7 Å². The molecule has 4 nitrogen and oxygen atoms in total. The molecule has 56 heavy (non-hydrogen) atoms. The highest BCUT2D eigenvalue weighted by Gasteiger charge is 2.20. The van der Waals surface area contributed by atoms with Crippen LogP contribution in [-0.4, -0.2) is 19.5 Å². The standard InChI is InChI=1S/C51H32N4S/c1-3-15-33(16-4-1)37-19-7-8-20-38(37)39-21-9-10-24-44(39)51-53-49(52-50(54-51)35-28-30-43-42-23-12-14-26-47(42)56-48(43)32-35)34-27-29-41-40-22-11-13-25-45(40)55(46(41)31-34)36-17-5-2-6-18-36/h1-32H. The fourth-order valence-corrected chi connectivity index (χ4v) is 9.23. The van der Waals surface area contributed by atoms with Gasteiger partial charge in [-0.1, -0.05) is 158 Å². The third-order valence-corrected chi connectivity index (χ3v) is 11.8. The summed E-state index contributed by atoms with van der Waals surface area (Å²) in [5.74, 6) is 1.89. The number of benzene rings is 8. The summed E-state index contributed by atoms with van der Waals surface area (Å²) >= 11 is 1.80. The molecule has 0 N–H and O–H groups in total. The van der Waals surface area contributed by atoms with Crippen molar-refractivity contribution < 1.29 is 0 Å². The van der Waals surface area contributed by atoms with E-state index in [4.69, 9.17) is 15.0 Å². The average Bonchev–Trinajstić information content (AvgIpc) is 3.82. The third kappa shape index (κ3) is 5.40. The number of para-hydroxylation sites is 2. The molecule has 0 unspecified atom stereocenters. The average molecular weight is 733 g/mol. The van der Waals surface area contributed by atoms with Gasteiger partial charge < -0.3 is 4.57 Å². The van der Waals surface area contributed by atoms with Crippen molar-refractivity contribution in [3.63, 3.8) is 0 Å². The molecule has 0 saturated carbocycles. The monoisotopic (exact) mass is 732 g/mol. The lowest BCUT2D eigenvalue weighted by molar-refractivity contribution is 1.07. The van der Waals surface area contributed by atoms with E-state index < -0.39 is 0 Å². The molecular weight excluding hydrogens is 701 g/mol. The van der Waals surface area contributed by atoms with Crippen LogP contribution in [-0.2, 0) is 0 Å². The van der Waals surface area contributed by atoms with Crippen molar-refractivity contribution in [2.45, 2.75) is 0 Å². The summed E-state index contributed by atoms with van der Waals surface area (Å²) in [6.07, 6.45) is 0. The summed E-state index contributed by atoms with van der Waals surface area (Å²) in [6.45, 7) is 0. The fraction of sp³-hybridized carbons (Fsp3) is 0. The second-order valence-electron chi connectivity index (χ2n) is 14.0. The van der Waals surface area contributed by atoms with Gasteiger partial charge in [-0.2, -0.15) is 0 Å². The highest BCUT2D eigenvalue weighted by molar-refractivity contribution is 7.25. The highest BCUT2D eigenvalue weighted by atomic mass is 32.1. The molecule has 0 aliphatic rings. The summed E-state index contributed by atoms with van der Waals surface area (Å²) < 4.78 is 4.81. The molecule has 262 valence electrons. The SMILES string of the molecule is c1ccc(-c2ccccc2-c2ccccc2-c2nc(-c3ccc4c(c3)sc3ccccc34)nc(-c3ccc4c5ccccc5n(-c5ccccc5)c4c3)n2)cc1. The van der Waals surface area contributed by atoms with Crippen LogP contribution in [0.25, 0.3) is 104 Å². The Morgan fingerprint density at radius 1 is 0.321 bits per heavy atom. The fourth-order valence-electron chi connectivity index (χ4n) is 8.08. The van der Waals surface area contributed by atoms with Crippen molar-refractivity contribution in [3.05, 3.63) is 194 Å². The van der Waals surface area contributed by atoms with E-state index in [2.05, 4.69) is 199 Å². The molecule has 11 aromatic rings. The van der Waals surface area contributed by atoms with E-state index in [1.165, 1.54) is 30.9 Å². The van der Waals surface area contributed by atoms with Crippen molar-refractivity contribution >= 4 is 53.3 Å². The van der Waals surface area contributed by atoms with Crippen molar-refractivity contribution in [1.29, 1.82) is 0 Å². The first kappa shape index (κ1) is 32.2. The number of fused-ring (bicyclic) bond motifs is 6. The molecule has 8 aromatic carbocycles. The van der Waals surface area contributed by atoms with Gasteiger partial charge in [0.05, 0.1) is 11.0 Å². The van der Waals surface area contributed by atoms with E-state index >= 15 is 0 Å². The number of nitrogens with zero attached hydrogens (tertiary/aromatic N) is 4. The first-order valence-corrected chi connectivity index (χ1v) is 19.6. The maximum Gasteiger partial charge on any atom is 0.164 e. The maximum atomic E-state index is 5.32. The van der Waals surface area contributed by atoms with Gasteiger partial charge in [0.25, 0.3) is 0 Å². The van der Waals surface area contributed by atoms with E-state index in [9.17, 15) is 0 Å². The van der Waals surface area contributed by atoms with E-state index in [-0.39, 0.29) is 0 Å². The summed E-state index contributed by atoms with van der Waals surface area (Å²) in [6, 6.07) is 68.5. The lowest BCUT2D eigenvalue weighted by atomic mass is 9.91. The quantitative estimate of drug-likeness (QED) is 0.171. The van der Waals surface area contributed by atoms with E-state index in [1.807, 2.05) is 0 Å². The molecule has 0 spiro atoms. The Hall–Kier alpha value is -7.21. The molecule has 3 heterocycles. The Balaban J connectivity index is 1.15. The molecule has 11 rings (SSSR count). The second-order valence-corrected chi connectivity index (χ2v) is 15.1. The largest absolute Gasteiger partial charge is 0.309 e. The van der Waals surface area contributed by atoms with Crippen LogP contribution in [0.1, 0.15) is 0 Å². The Morgan fingerprint density at radius 2 is 0.839 bits per heavy atom. The van der Waals surface area contributed by atoms with Gasteiger partial charge in [-0.15, -0.1) is 11.3 Å². The minimum Gasteiger partial charge on any atom is -0.309 e. The van der Waals surface area contributed by atoms with Gasteiger partial charge in [-0.3, -0.25) is 0 Å². The van der Waals surface area contributed by atoms with Crippen LogP contribution in [0, 0.1) is 0 Å². The van der Waals surface area contributed by atoms with Crippen molar-refractivity contribution in [2.75, 3.05) is 0 Å². The van der Waals surface area contributed by atoms with Gasteiger partial charge in [-0.25, -0.2) is 15.0 Å². The molecule has 0 bridgehead atoms. The number of thiophene rings is 1. The summed E-state index contributed by atoms with van der Waals surface area (Å²) in [5.41, 5.74) is 10.7. The zero-order valence-corrected chi connectivity index (χ0v) is 31.0. The summed E-state index contributed by atoms with van der Waals surface area (Å²) in [7, 11) is 0. The van der Waals surface area contributed by atoms with Gasteiger partial charge in [0.1, 0.15) is 0 Å². The van der Waals surface area contributed by atoms with Gasteiger partial charge >= 0.3 is 0 Å². The Morgan fingerprint density at radius 3 is 1.61 bits per heavy atom. The zero-order valence-electron chi connectivity index (χ0n) is 30.2. The minimum atomic E-state index is 0.624. The van der Waals surface area contributed by atoms with Crippen LogP contribution in [0.15, 0.2) is 194 Å². The van der Waals surface area contributed by atoms with Crippen LogP contribution in [0.4, 0.5) is 0 Å². The lowest BCUT2D eigenvalue weighted by Gasteiger charge is -2.15. The molecule has 5 heteroatoms.